The van der Waals surface area contributed by atoms with Crippen molar-refractivity contribution in [1.82, 2.24) is 0 Å². The molecular formula is C15H12BrF3O. The van der Waals surface area contributed by atoms with Gasteiger partial charge >= 0.3 is 0 Å². The summed E-state index contributed by atoms with van der Waals surface area (Å²) in [5.41, 5.74) is 0.555. The average molecular weight is 345 g/mol. The number of aliphatic hydroxyl groups is 1. The van der Waals surface area contributed by atoms with Gasteiger partial charge in [0, 0.05) is 23.4 Å². The van der Waals surface area contributed by atoms with Gasteiger partial charge in [0.25, 0.3) is 0 Å². The molecule has 2 aromatic rings. The van der Waals surface area contributed by atoms with E-state index in [2.05, 4.69) is 15.9 Å². The van der Waals surface area contributed by atoms with Crippen molar-refractivity contribution in [3.8, 4) is 0 Å². The van der Waals surface area contributed by atoms with Gasteiger partial charge in [-0.3, -0.25) is 0 Å². The van der Waals surface area contributed by atoms with E-state index < -0.39 is 23.6 Å². The Labute approximate surface area is 123 Å². The van der Waals surface area contributed by atoms with Crippen LogP contribution < -0.4 is 0 Å². The molecule has 1 nitrogen and oxygen atoms in total. The zero-order chi connectivity index (χ0) is 14.7. The molecule has 1 N–H and O–H groups in total. The Balaban J connectivity index is 2.07. The van der Waals surface area contributed by atoms with Crippen molar-refractivity contribution in [2.75, 3.05) is 0 Å². The topological polar surface area (TPSA) is 20.2 Å². The maximum absolute atomic E-state index is 13.6. The molecule has 1 unspecified atom stereocenters. The first kappa shape index (κ1) is 15.1. The van der Waals surface area contributed by atoms with Crippen LogP contribution in [0.15, 0.2) is 40.9 Å². The van der Waals surface area contributed by atoms with E-state index in [1.807, 2.05) is 0 Å². The van der Waals surface area contributed by atoms with E-state index in [1.165, 1.54) is 12.1 Å². The molecule has 0 heterocycles. The van der Waals surface area contributed by atoms with Crippen LogP contribution in [-0.2, 0) is 12.8 Å². The molecule has 0 aromatic heterocycles. The summed E-state index contributed by atoms with van der Waals surface area (Å²) in [5, 5.41) is 9.90. The monoisotopic (exact) mass is 344 g/mol. The van der Waals surface area contributed by atoms with Crippen LogP contribution in [0.5, 0.6) is 0 Å². The van der Waals surface area contributed by atoms with Gasteiger partial charge in [0.05, 0.1) is 6.10 Å². The van der Waals surface area contributed by atoms with Crippen molar-refractivity contribution in [2.45, 2.75) is 18.9 Å². The largest absolute Gasteiger partial charge is 0.392 e. The summed E-state index contributed by atoms with van der Waals surface area (Å²) < 4.78 is 40.4. The molecular weight excluding hydrogens is 333 g/mol. The highest BCUT2D eigenvalue weighted by Gasteiger charge is 2.13. The fourth-order valence-corrected chi connectivity index (χ4v) is 2.29. The number of aliphatic hydroxyl groups excluding tert-OH is 1. The number of benzene rings is 2. The van der Waals surface area contributed by atoms with Crippen molar-refractivity contribution in [2.24, 2.45) is 0 Å². The Bertz CT molecular complexity index is 563. The second-order valence-electron chi connectivity index (χ2n) is 4.53. The molecule has 0 aliphatic heterocycles. The van der Waals surface area contributed by atoms with Crippen LogP contribution in [0, 0.1) is 17.5 Å². The molecule has 0 saturated carbocycles. The van der Waals surface area contributed by atoms with Crippen LogP contribution in [0.25, 0.3) is 0 Å². The van der Waals surface area contributed by atoms with E-state index in [0.29, 0.717) is 10.0 Å². The lowest BCUT2D eigenvalue weighted by Gasteiger charge is -2.12. The third-order valence-electron chi connectivity index (χ3n) is 2.94. The highest BCUT2D eigenvalue weighted by atomic mass is 79.9. The second kappa shape index (κ2) is 6.41. The summed E-state index contributed by atoms with van der Waals surface area (Å²) in [7, 11) is 0. The van der Waals surface area contributed by atoms with Crippen LogP contribution in [0.3, 0.4) is 0 Å². The third-order valence-corrected chi connectivity index (χ3v) is 3.43. The maximum Gasteiger partial charge on any atom is 0.129 e. The molecule has 20 heavy (non-hydrogen) atoms. The van der Waals surface area contributed by atoms with E-state index >= 15 is 0 Å². The van der Waals surface area contributed by atoms with Gasteiger partial charge in [-0.1, -0.05) is 28.1 Å². The molecule has 5 heteroatoms. The Morgan fingerprint density at radius 3 is 2.00 bits per heavy atom. The summed E-state index contributed by atoms with van der Waals surface area (Å²) in [6.07, 6.45) is -0.872. The number of halogens is 4. The molecule has 2 aromatic carbocycles. The molecule has 0 bridgehead atoms. The quantitative estimate of drug-likeness (QED) is 0.888. The van der Waals surface area contributed by atoms with Crippen molar-refractivity contribution in [1.29, 1.82) is 0 Å². The summed E-state index contributed by atoms with van der Waals surface area (Å²) in [5.74, 6) is -1.81. The Morgan fingerprint density at radius 2 is 1.45 bits per heavy atom. The molecule has 0 aliphatic carbocycles. The SMILES string of the molecule is OC(Cc1ccc(F)cc1F)Cc1ccc(Br)cc1F. The minimum atomic E-state index is -0.939. The Kier molecular flexibility index (Phi) is 4.83. The van der Waals surface area contributed by atoms with Crippen LogP contribution in [0.2, 0.25) is 0 Å². The van der Waals surface area contributed by atoms with Crippen LogP contribution in [-0.4, -0.2) is 11.2 Å². The van der Waals surface area contributed by atoms with Crippen LogP contribution in [0.4, 0.5) is 13.2 Å². The normalized spacial score (nSPS) is 12.4. The van der Waals surface area contributed by atoms with E-state index in [4.69, 9.17) is 0 Å². The van der Waals surface area contributed by atoms with Gasteiger partial charge in [-0.2, -0.15) is 0 Å². The molecule has 2 rings (SSSR count). The van der Waals surface area contributed by atoms with Gasteiger partial charge in [0.15, 0.2) is 0 Å². The van der Waals surface area contributed by atoms with E-state index in [-0.39, 0.29) is 18.4 Å². The smallest absolute Gasteiger partial charge is 0.129 e. The summed E-state index contributed by atoms with van der Waals surface area (Å²) in [6, 6.07) is 7.72. The van der Waals surface area contributed by atoms with E-state index in [9.17, 15) is 18.3 Å². The number of hydrogen-bond donors (Lipinski definition) is 1. The van der Waals surface area contributed by atoms with Gasteiger partial charge < -0.3 is 5.11 Å². The lowest BCUT2D eigenvalue weighted by molar-refractivity contribution is 0.173. The lowest BCUT2D eigenvalue weighted by Crippen LogP contribution is -2.15. The van der Waals surface area contributed by atoms with Gasteiger partial charge in [0.2, 0.25) is 0 Å². The van der Waals surface area contributed by atoms with Crippen molar-refractivity contribution in [3.05, 3.63) is 69.4 Å². The summed E-state index contributed by atoms with van der Waals surface area (Å²) >= 11 is 3.14. The molecule has 1 atom stereocenters. The molecule has 0 spiro atoms. The van der Waals surface area contributed by atoms with Crippen LogP contribution in [0.1, 0.15) is 11.1 Å². The zero-order valence-corrected chi connectivity index (χ0v) is 12.0. The highest BCUT2D eigenvalue weighted by Crippen LogP contribution is 2.18. The first-order valence-corrected chi connectivity index (χ1v) is 6.81. The molecule has 0 fully saturated rings. The first-order valence-electron chi connectivity index (χ1n) is 6.01. The summed E-state index contributed by atoms with van der Waals surface area (Å²) in [4.78, 5) is 0. The van der Waals surface area contributed by atoms with E-state index in [1.54, 1.807) is 12.1 Å². The zero-order valence-electron chi connectivity index (χ0n) is 10.4. The molecule has 0 aliphatic rings. The average Bonchev–Trinajstić information content (AvgIpc) is 2.36. The predicted octanol–water partition coefficient (Wildman–Crippen LogP) is 4.01. The number of rotatable bonds is 4. The van der Waals surface area contributed by atoms with Gasteiger partial charge in [0.1, 0.15) is 17.5 Å². The fourth-order valence-electron chi connectivity index (χ4n) is 1.95. The lowest BCUT2D eigenvalue weighted by atomic mass is 10.0. The second-order valence-corrected chi connectivity index (χ2v) is 5.45. The maximum atomic E-state index is 13.6. The van der Waals surface area contributed by atoms with Crippen molar-refractivity contribution in [3.63, 3.8) is 0 Å². The Morgan fingerprint density at radius 1 is 0.900 bits per heavy atom. The molecule has 106 valence electrons. The predicted molar refractivity (Wildman–Crippen MR) is 73.9 cm³/mol. The van der Waals surface area contributed by atoms with Gasteiger partial charge in [-0.25, -0.2) is 13.2 Å². The Hall–Kier alpha value is -1.33. The summed E-state index contributed by atoms with van der Waals surface area (Å²) in [6.45, 7) is 0. The first-order chi connectivity index (χ1) is 9.45. The minimum Gasteiger partial charge on any atom is -0.392 e. The molecule has 0 saturated heterocycles. The highest BCUT2D eigenvalue weighted by molar-refractivity contribution is 9.10. The third kappa shape index (κ3) is 3.84. The molecule has 0 amide bonds. The minimum absolute atomic E-state index is 0.00160. The fraction of sp³-hybridized carbons (Fsp3) is 0.200. The van der Waals surface area contributed by atoms with Gasteiger partial charge in [-0.05, 0) is 29.3 Å². The number of hydrogen-bond acceptors (Lipinski definition) is 1. The van der Waals surface area contributed by atoms with Crippen LogP contribution >= 0.6 is 15.9 Å². The standard InChI is InChI=1S/C15H12BrF3O/c16-11-3-1-9(14(18)7-11)5-13(20)6-10-2-4-12(17)8-15(10)19/h1-4,7-8,13,20H,5-6H2. The van der Waals surface area contributed by atoms with E-state index in [0.717, 1.165) is 12.1 Å². The molecule has 0 radical (unpaired) electrons. The van der Waals surface area contributed by atoms with Crippen molar-refractivity contribution < 1.29 is 18.3 Å². The van der Waals surface area contributed by atoms with Gasteiger partial charge in [-0.15, -0.1) is 0 Å². The van der Waals surface area contributed by atoms with Crippen molar-refractivity contribution >= 4 is 15.9 Å².